The molecular weight excluding hydrogens is 470 g/mol. The van der Waals surface area contributed by atoms with Crippen LogP contribution in [0.15, 0.2) is 12.2 Å². The molecule has 0 fully saturated rings. The second-order valence-corrected chi connectivity index (χ2v) is 10.7. The zero-order valence-corrected chi connectivity index (χ0v) is 23.6. The fourth-order valence-electron chi connectivity index (χ4n) is 5.07. The highest BCUT2D eigenvalue weighted by molar-refractivity contribution is 5.67. The molecule has 0 unspecified atom stereocenters. The van der Waals surface area contributed by atoms with Gasteiger partial charge in [-0.3, -0.25) is 14.4 Å². The highest BCUT2D eigenvalue weighted by Crippen LogP contribution is 2.18. The van der Waals surface area contributed by atoms with E-state index in [9.17, 15) is 14.4 Å². The van der Waals surface area contributed by atoms with Gasteiger partial charge >= 0.3 is 17.9 Å². The number of nitrogens with zero attached hydrogens (tertiary/aromatic N) is 1. The first-order chi connectivity index (χ1) is 17.8. The van der Waals surface area contributed by atoms with Gasteiger partial charge in [0.25, 0.3) is 0 Å². The van der Waals surface area contributed by atoms with Crippen LogP contribution in [-0.2, 0) is 14.4 Å². The molecule has 0 saturated heterocycles. The van der Waals surface area contributed by atoms with Crippen molar-refractivity contribution in [3.63, 3.8) is 0 Å². The number of hydrogen-bond donors (Lipinski definition) is 3. The van der Waals surface area contributed by atoms with Gasteiger partial charge in [-0.1, -0.05) is 83.3 Å². The molecule has 216 valence electrons. The molecule has 7 heteroatoms. The molecule has 0 saturated carbocycles. The molecule has 3 N–H and O–H groups in total. The number of quaternary nitrogens is 1. The smallest absolute Gasteiger partial charge is 0.303 e. The lowest BCUT2D eigenvalue weighted by Gasteiger charge is -2.39. The van der Waals surface area contributed by atoms with Gasteiger partial charge < -0.3 is 19.8 Å². The maximum absolute atomic E-state index is 11.0. The van der Waals surface area contributed by atoms with Crippen molar-refractivity contribution in [1.29, 1.82) is 0 Å². The van der Waals surface area contributed by atoms with Crippen LogP contribution in [0.3, 0.4) is 0 Å². The Labute approximate surface area is 225 Å². The molecule has 37 heavy (non-hydrogen) atoms. The Morgan fingerprint density at radius 2 is 0.811 bits per heavy atom. The second-order valence-electron chi connectivity index (χ2n) is 10.7. The number of hydrogen-bond acceptors (Lipinski definition) is 3. The van der Waals surface area contributed by atoms with Crippen LogP contribution in [0.5, 0.6) is 0 Å². The summed E-state index contributed by atoms with van der Waals surface area (Å²) in [6.45, 7) is 5.02. The van der Waals surface area contributed by atoms with E-state index >= 15 is 0 Å². The molecule has 0 amide bonds. The molecule has 0 aromatic rings. The van der Waals surface area contributed by atoms with Crippen molar-refractivity contribution in [3.8, 4) is 0 Å². The van der Waals surface area contributed by atoms with Crippen LogP contribution in [0.4, 0.5) is 0 Å². The zero-order valence-electron chi connectivity index (χ0n) is 23.6. The first-order valence-electron chi connectivity index (χ1n) is 15.0. The van der Waals surface area contributed by atoms with E-state index < -0.39 is 17.9 Å². The van der Waals surface area contributed by atoms with Crippen molar-refractivity contribution in [2.24, 2.45) is 0 Å². The molecule has 0 bridgehead atoms. The monoisotopic (exact) mass is 526 g/mol. The highest BCUT2D eigenvalue weighted by Gasteiger charge is 2.27. The van der Waals surface area contributed by atoms with E-state index in [4.69, 9.17) is 15.3 Å². The summed E-state index contributed by atoms with van der Waals surface area (Å²) in [6.07, 6.45) is 24.1. The van der Waals surface area contributed by atoms with Gasteiger partial charge in [-0.2, -0.15) is 0 Å². The van der Waals surface area contributed by atoms with Crippen molar-refractivity contribution < 1.29 is 34.2 Å². The first kappa shape index (κ1) is 35.1. The number of carbonyl (C=O) groups is 3. The molecule has 0 rings (SSSR count). The number of aliphatic carboxylic acids is 3. The predicted molar refractivity (Wildman–Crippen MR) is 150 cm³/mol. The maximum Gasteiger partial charge on any atom is 0.303 e. The van der Waals surface area contributed by atoms with Crippen LogP contribution in [-0.4, -0.2) is 63.9 Å². The average Bonchev–Trinajstić information content (AvgIpc) is 2.83. The van der Waals surface area contributed by atoms with E-state index in [0.29, 0.717) is 43.4 Å². The SMILES string of the molecule is CCCCCCCCCCCCC/C=C/CCC[N+](CCCC(=O)O)(CCCC(=O)O)CCCC(=O)O. The fraction of sp³-hybridized carbons (Fsp3) is 0.833. The van der Waals surface area contributed by atoms with Gasteiger partial charge in [-0.15, -0.1) is 0 Å². The summed E-state index contributed by atoms with van der Waals surface area (Å²) < 4.78 is 0.611. The van der Waals surface area contributed by atoms with E-state index in [1.807, 2.05) is 0 Å². The lowest BCUT2D eigenvalue weighted by molar-refractivity contribution is -0.928. The number of carboxylic acid groups (broad SMARTS) is 3. The van der Waals surface area contributed by atoms with E-state index in [2.05, 4.69) is 19.1 Å². The van der Waals surface area contributed by atoms with Crippen LogP contribution >= 0.6 is 0 Å². The Balaban J connectivity index is 4.35. The normalized spacial score (nSPS) is 11.8. The summed E-state index contributed by atoms with van der Waals surface area (Å²) in [6, 6.07) is 0. The van der Waals surface area contributed by atoms with Gasteiger partial charge in [-0.25, -0.2) is 0 Å². The van der Waals surface area contributed by atoms with Crippen LogP contribution in [0, 0.1) is 0 Å². The minimum Gasteiger partial charge on any atom is -0.481 e. The maximum atomic E-state index is 11.0. The second kappa shape index (κ2) is 24.4. The quantitative estimate of drug-likeness (QED) is 0.0555. The van der Waals surface area contributed by atoms with E-state index in [0.717, 1.165) is 25.8 Å². The molecule has 0 aliphatic heterocycles. The van der Waals surface area contributed by atoms with E-state index in [1.165, 1.54) is 70.6 Å². The average molecular weight is 527 g/mol. The Morgan fingerprint density at radius 3 is 1.19 bits per heavy atom. The molecule has 0 aliphatic rings. The van der Waals surface area contributed by atoms with Gasteiger partial charge in [0.15, 0.2) is 0 Å². The molecule has 0 radical (unpaired) electrons. The van der Waals surface area contributed by atoms with Crippen LogP contribution < -0.4 is 0 Å². The summed E-state index contributed by atoms with van der Waals surface area (Å²) in [4.78, 5) is 33.1. The number of unbranched alkanes of at least 4 members (excludes halogenated alkanes) is 12. The third-order valence-electron chi connectivity index (χ3n) is 7.21. The van der Waals surface area contributed by atoms with E-state index in [-0.39, 0.29) is 19.3 Å². The minimum atomic E-state index is -0.834. The zero-order chi connectivity index (χ0) is 27.6. The van der Waals surface area contributed by atoms with Crippen molar-refractivity contribution >= 4 is 17.9 Å². The summed E-state index contributed by atoms with van der Waals surface area (Å²) in [7, 11) is 0. The highest BCUT2D eigenvalue weighted by atomic mass is 16.4. The Morgan fingerprint density at radius 1 is 0.486 bits per heavy atom. The van der Waals surface area contributed by atoms with Gasteiger partial charge in [0.1, 0.15) is 0 Å². The Bertz CT molecular complexity index is 569. The number of carboxylic acids is 3. The number of allylic oxidation sites excluding steroid dienone is 2. The summed E-state index contributed by atoms with van der Waals surface area (Å²) in [5.74, 6) is -2.50. The summed E-state index contributed by atoms with van der Waals surface area (Å²) in [5.41, 5.74) is 0. The Kier molecular flexibility index (Phi) is 23.2. The molecule has 0 heterocycles. The van der Waals surface area contributed by atoms with Gasteiger partial charge in [0, 0.05) is 25.7 Å². The lowest BCUT2D eigenvalue weighted by atomic mass is 10.1. The molecule has 0 aromatic heterocycles. The Hall–Kier alpha value is -1.89. The largest absolute Gasteiger partial charge is 0.481 e. The standard InChI is InChI=1S/C30H55NO6/c1-2-3-4-5-6-7-8-9-10-11-12-13-14-15-16-17-24-31(25-18-21-28(32)33,26-19-22-29(34)35)27-20-23-30(36)37/h14-15H,2-13,16-27H2,1H3,(H2-,32,33,34,35,36,37)/p+1/b15-14+. The lowest BCUT2D eigenvalue weighted by Crippen LogP contribution is -2.51. The molecule has 0 aliphatic carbocycles. The molecule has 0 atom stereocenters. The minimum absolute atomic E-state index is 0.0801. The van der Waals surface area contributed by atoms with Crippen LogP contribution in [0.25, 0.3) is 0 Å². The third-order valence-corrected chi connectivity index (χ3v) is 7.21. The third kappa shape index (κ3) is 24.2. The predicted octanol–water partition coefficient (Wildman–Crippen LogP) is 7.44. The van der Waals surface area contributed by atoms with Crippen molar-refractivity contribution in [2.45, 2.75) is 135 Å². The molecular formula is C30H56NO6+. The van der Waals surface area contributed by atoms with Crippen LogP contribution in [0.1, 0.15) is 135 Å². The van der Waals surface area contributed by atoms with Gasteiger partial charge in [-0.05, 0) is 19.3 Å². The van der Waals surface area contributed by atoms with Crippen molar-refractivity contribution in [3.05, 3.63) is 12.2 Å². The fourth-order valence-corrected chi connectivity index (χ4v) is 5.07. The summed E-state index contributed by atoms with van der Waals surface area (Å²) in [5, 5.41) is 27.2. The van der Waals surface area contributed by atoms with Crippen molar-refractivity contribution in [1.82, 2.24) is 0 Å². The van der Waals surface area contributed by atoms with Gasteiger partial charge in [0.05, 0.1) is 45.4 Å². The molecule has 7 nitrogen and oxygen atoms in total. The van der Waals surface area contributed by atoms with Crippen molar-refractivity contribution in [2.75, 3.05) is 26.2 Å². The van der Waals surface area contributed by atoms with Crippen LogP contribution in [0.2, 0.25) is 0 Å². The molecule has 0 spiro atoms. The topological polar surface area (TPSA) is 112 Å². The summed E-state index contributed by atoms with van der Waals surface area (Å²) >= 11 is 0. The number of rotatable bonds is 28. The van der Waals surface area contributed by atoms with Gasteiger partial charge in [0.2, 0.25) is 0 Å². The molecule has 0 aromatic carbocycles. The first-order valence-corrected chi connectivity index (χ1v) is 15.0. The van der Waals surface area contributed by atoms with E-state index in [1.54, 1.807) is 0 Å².